The zero-order chi connectivity index (χ0) is 12.4. The quantitative estimate of drug-likeness (QED) is 0.771. The summed E-state index contributed by atoms with van der Waals surface area (Å²) in [5.41, 5.74) is 2.52. The van der Waals surface area contributed by atoms with Crippen molar-refractivity contribution < 1.29 is 4.42 Å². The van der Waals surface area contributed by atoms with E-state index >= 15 is 0 Å². The lowest BCUT2D eigenvalue weighted by Gasteiger charge is -2.17. The van der Waals surface area contributed by atoms with Gasteiger partial charge in [-0.1, -0.05) is 18.2 Å². The summed E-state index contributed by atoms with van der Waals surface area (Å²) >= 11 is 5.89. The van der Waals surface area contributed by atoms with Crippen LogP contribution in [0.15, 0.2) is 39.4 Å². The Morgan fingerprint density at radius 1 is 1.35 bits per heavy atom. The smallest absolute Gasteiger partial charge is 0.139 e. The van der Waals surface area contributed by atoms with E-state index in [-0.39, 0.29) is 6.04 Å². The lowest BCUT2D eigenvalue weighted by molar-refractivity contribution is 0.460. The first kappa shape index (κ1) is 13.1. The molecule has 0 aliphatic carbocycles. The van der Waals surface area contributed by atoms with E-state index in [0.29, 0.717) is 0 Å². The highest BCUT2D eigenvalue weighted by Gasteiger charge is 2.20. The molecule has 1 atom stereocenters. The van der Waals surface area contributed by atoms with Crippen LogP contribution in [-0.2, 0) is 0 Å². The van der Waals surface area contributed by atoms with E-state index in [1.165, 1.54) is 14.7 Å². The van der Waals surface area contributed by atoms with Crippen LogP contribution < -0.4 is 5.32 Å². The number of benzene rings is 1. The maximum absolute atomic E-state index is 5.55. The van der Waals surface area contributed by atoms with Crippen molar-refractivity contribution >= 4 is 38.5 Å². The maximum Gasteiger partial charge on any atom is 0.139 e. The third kappa shape index (κ3) is 2.58. The van der Waals surface area contributed by atoms with Crippen molar-refractivity contribution in [2.75, 3.05) is 7.05 Å². The molecule has 0 saturated heterocycles. The summed E-state index contributed by atoms with van der Waals surface area (Å²) in [6.07, 6.45) is 1.70. The van der Waals surface area contributed by atoms with Gasteiger partial charge in [0.1, 0.15) is 5.76 Å². The third-order valence-electron chi connectivity index (χ3n) is 2.73. The zero-order valence-electron chi connectivity index (χ0n) is 9.63. The van der Waals surface area contributed by atoms with Gasteiger partial charge >= 0.3 is 0 Å². The fraction of sp³-hybridized carbons (Fsp3) is 0.231. The van der Waals surface area contributed by atoms with Crippen molar-refractivity contribution in [3.63, 3.8) is 0 Å². The van der Waals surface area contributed by atoms with Gasteiger partial charge in [-0.3, -0.25) is 0 Å². The molecule has 4 heteroatoms. The van der Waals surface area contributed by atoms with Crippen LogP contribution in [0.5, 0.6) is 0 Å². The van der Waals surface area contributed by atoms with Crippen molar-refractivity contribution in [1.82, 2.24) is 5.32 Å². The molecular formula is C13H13BrINO. The summed E-state index contributed by atoms with van der Waals surface area (Å²) in [5.74, 6) is 0.913. The van der Waals surface area contributed by atoms with Gasteiger partial charge in [-0.05, 0) is 69.7 Å². The molecule has 2 rings (SSSR count). The second-order valence-electron chi connectivity index (χ2n) is 3.83. The van der Waals surface area contributed by atoms with E-state index in [1.807, 2.05) is 13.1 Å². The number of aryl methyl sites for hydroxylation is 1. The number of nitrogens with one attached hydrogen (secondary N) is 1. The van der Waals surface area contributed by atoms with Crippen LogP contribution in [0.4, 0.5) is 0 Å². The first-order valence-corrected chi connectivity index (χ1v) is 7.17. The molecule has 1 heterocycles. The molecule has 90 valence electrons. The molecule has 0 saturated carbocycles. The van der Waals surface area contributed by atoms with E-state index < -0.39 is 0 Å². The lowest BCUT2D eigenvalue weighted by Crippen LogP contribution is -2.18. The summed E-state index contributed by atoms with van der Waals surface area (Å²) in [6, 6.07) is 8.32. The molecule has 0 amide bonds. The molecule has 0 aliphatic heterocycles. The Morgan fingerprint density at radius 3 is 2.71 bits per heavy atom. The van der Waals surface area contributed by atoms with Gasteiger partial charge in [-0.2, -0.15) is 0 Å². The van der Waals surface area contributed by atoms with Crippen molar-refractivity contribution in [3.8, 4) is 0 Å². The molecule has 2 aromatic rings. The zero-order valence-corrected chi connectivity index (χ0v) is 13.4. The fourth-order valence-corrected chi connectivity index (χ4v) is 2.93. The second kappa shape index (κ2) is 5.54. The highest BCUT2D eigenvalue weighted by Crippen LogP contribution is 2.32. The van der Waals surface area contributed by atoms with Crippen molar-refractivity contribution in [2.24, 2.45) is 0 Å². The fourth-order valence-electron chi connectivity index (χ4n) is 1.83. The van der Waals surface area contributed by atoms with Gasteiger partial charge in [-0.25, -0.2) is 0 Å². The van der Waals surface area contributed by atoms with Crippen LogP contribution in [0.3, 0.4) is 0 Å². The number of hydrogen-bond donors (Lipinski definition) is 1. The first-order chi connectivity index (χ1) is 8.15. The Hall–Kier alpha value is -0.330. The third-order valence-corrected chi connectivity index (χ3v) is 4.86. The van der Waals surface area contributed by atoms with Crippen molar-refractivity contribution in [2.45, 2.75) is 13.0 Å². The molecule has 2 nitrogen and oxygen atoms in total. The van der Waals surface area contributed by atoms with Crippen LogP contribution in [0.1, 0.15) is 22.9 Å². The van der Waals surface area contributed by atoms with E-state index in [1.54, 1.807) is 6.26 Å². The molecule has 0 bridgehead atoms. The maximum atomic E-state index is 5.55. The van der Waals surface area contributed by atoms with Gasteiger partial charge in [0.25, 0.3) is 0 Å². The molecular weight excluding hydrogens is 393 g/mol. The molecule has 0 fully saturated rings. The second-order valence-corrected chi connectivity index (χ2v) is 5.77. The van der Waals surface area contributed by atoms with E-state index in [4.69, 9.17) is 4.42 Å². The largest absolute Gasteiger partial charge is 0.466 e. The van der Waals surface area contributed by atoms with Crippen LogP contribution in [0, 0.1) is 10.5 Å². The topological polar surface area (TPSA) is 25.2 Å². The summed E-state index contributed by atoms with van der Waals surface area (Å²) in [5, 5.41) is 3.30. The van der Waals surface area contributed by atoms with E-state index in [2.05, 4.69) is 69.0 Å². The van der Waals surface area contributed by atoms with Crippen molar-refractivity contribution in [3.05, 3.63) is 55.5 Å². The number of furan rings is 1. The van der Waals surface area contributed by atoms with Gasteiger partial charge in [0.15, 0.2) is 0 Å². The SMILES string of the molecule is CNC(c1cccc(C)c1I)c1occc1Br. The molecule has 1 unspecified atom stereocenters. The summed E-state index contributed by atoms with van der Waals surface area (Å²) < 4.78 is 7.82. The Balaban J connectivity index is 2.50. The van der Waals surface area contributed by atoms with E-state index in [9.17, 15) is 0 Å². The van der Waals surface area contributed by atoms with Crippen LogP contribution in [0.25, 0.3) is 0 Å². The first-order valence-electron chi connectivity index (χ1n) is 5.30. The Morgan fingerprint density at radius 2 is 2.12 bits per heavy atom. The van der Waals surface area contributed by atoms with Gasteiger partial charge < -0.3 is 9.73 Å². The Bertz CT molecular complexity index is 524. The molecule has 0 aliphatic rings. The van der Waals surface area contributed by atoms with Crippen LogP contribution in [-0.4, -0.2) is 7.05 Å². The minimum absolute atomic E-state index is 0.0752. The summed E-state index contributed by atoms with van der Waals surface area (Å²) in [6.45, 7) is 2.12. The molecule has 1 aromatic carbocycles. The highest BCUT2D eigenvalue weighted by molar-refractivity contribution is 14.1. The number of rotatable bonds is 3. The number of halogens is 2. The Kier molecular flexibility index (Phi) is 4.27. The van der Waals surface area contributed by atoms with Gasteiger partial charge in [0, 0.05) is 3.57 Å². The van der Waals surface area contributed by atoms with Gasteiger partial charge in [0.2, 0.25) is 0 Å². The Labute approximate surface area is 123 Å². The predicted molar refractivity (Wildman–Crippen MR) is 81.2 cm³/mol. The van der Waals surface area contributed by atoms with Gasteiger partial charge in [0.05, 0.1) is 16.8 Å². The predicted octanol–water partition coefficient (Wildman–Crippen LogP) is 4.26. The average molecular weight is 406 g/mol. The molecule has 0 radical (unpaired) electrons. The summed E-state index contributed by atoms with van der Waals surface area (Å²) in [4.78, 5) is 0. The monoisotopic (exact) mass is 405 g/mol. The molecule has 1 aromatic heterocycles. The lowest BCUT2D eigenvalue weighted by atomic mass is 10.0. The molecule has 17 heavy (non-hydrogen) atoms. The standard InChI is InChI=1S/C13H13BrINO/c1-8-4-3-5-9(11(8)15)12(16-2)13-10(14)6-7-17-13/h3-7,12,16H,1-2H3. The minimum Gasteiger partial charge on any atom is -0.466 e. The average Bonchev–Trinajstić information content (AvgIpc) is 2.72. The van der Waals surface area contributed by atoms with Crippen LogP contribution >= 0.6 is 38.5 Å². The highest BCUT2D eigenvalue weighted by atomic mass is 127. The molecule has 0 spiro atoms. The summed E-state index contributed by atoms with van der Waals surface area (Å²) in [7, 11) is 1.94. The molecule has 1 N–H and O–H groups in total. The van der Waals surface area contributed by atoms with E-state index in [0.717, 1.165) is 10.2 Å². The van der Waals surface area contributed by atoms with Crippen molar-refractivity contribution in [1.29, 1.82) is 0 Å². The van der Waals surface area contributed by atoms with Crippen LogP contribution in [0.2, 0.25) is 0 Å². The minimum atomic E-state index is 0.0752. The number of hydrogen-bond acceptors (Lipinski definition) is 2. The normalized spacial score (nSPS) is 12.7. The van der Waals surface area contributed by atoms with Gasteiger partial charge in [-0.15, -0.1) is 0 Å².